The van der Waals surface area contributed by atoms with Gasteiger partial charge >= 0.3 is 0 Å². The molecule has 4 heteroatoms. The summed E-state index contributed by atoms with van der Waals surface area (Å²) in [5.74, 6) is 2.47. The molecule has 3 nitrogen and oxygen atoms in total. The second-order valence-corrected chi connectivity index (χ2v) is 5.76. The van der Waals surface area contributed by atoms with Crippen LogP contribution in [0.2, 0.25) is 0 Å². The summed E-state index contributed by atoms with van der Waals surface area (Å²) in [6, 6.07) is 11.7. The van der Waals surface area contributed by atoms with Crippen LogP contribution in [0.25, 0.3) is 0 Å². The molecule has 1 heterocycles. The molecule has 0 bridgehead atoms. The van der Waals surface area contributed by atoms with Crippen molar-refractivity contribution in [1.29, 1.82) is 0 Å². The van der Waals surface area contributed by atoms with E-state index in [0.717, 1.165) is 27.3 Å². The summed E-state index contributed by atoms with van der Waals surface area (Å²) in [7, 11) is 0. The number of rotatable bonds is 5. The Morgan fingerprint density at radius 2 is 2.11 bits per heavy atom. The third kappa shape index (κ3) is 3.73. The Morgan fingerprint density at radius 3 is 2.68 bits per heavy atom. The van der Waals surface area contributed by atoms with Crippen LogP contribution in [0.1, 0.15) is 31.0 Å². The molecule has 2 N–H and O–H groups in total. The van der Waals surface area contributed by atoms with Crippen molar-refractivity contribution in [2.45, 2.75) is 32.4 Å². The Kier molecular flexibility index (Phi) is 4.87. The van der Waals surface area contributed by atoms with Crippen molar-refractivity contribution in [1.82, 2.24) is 0 Å². The van der Waals surface area contributed by atoms with E-state index in [1.165, 1.54) is 0 Å². The summed E-state index contributed by atoms with van der Waals surface area (Å²) in [5, 5.41) is 0. The van der Waals surface area contributed by atoms with Crippen LogP contribution in [-0.2, 0) is 0 Å². The van der Waals surface area contributed by atoms with Crippen LogP contribution in [0, 0.1) is 10.5 Å². The monoisotopic (exact) mass is 371 g/mol. The first-order valence-corrected chi connectivity index (χ1v) is 7.42. The number of benzene rings is 1. The van der Waals surface area contributed by atoms with Crippen LogP contribution in [0.4, 0.5) is 0 Å². The number of hydrogen-bond donors (Lipinski definition) is 1. The average molecular weight is 371 g/mol. The number of furan rings is 1. The molecule has 2 atom stereocenters. The Labute approximate surface area is 127 Å². The van der Waals surface area contributed by atoms with E-state index in [2.05, 4.69) is 22.6 Å². The molecular weight excluding hydrogens is 353 g/mol. The fourth-order valence-corrected chi connectivity index (χ4v) is 2.38. The summed E-state index contributed by atoms with van der Waals surface area (Å²) in [6.45, 7) is 3.97. The van der Waals surface area contributed by atoms with Gasteiger partial charge in [-0.15, -0.1) is 0 Å². The smallest absolute Gasteiger partial charge is 0.171 e. The lowest BCUT2D eigenvalue weighted by molar-refractivity contribution is 0.143. The summed E-state index contributed by atoms with van der Waals surface area (Å²) in [6.07, 6.45) is 0.575. The van der Waals surface area contributed by atoms with Gasteiger partial charge in [0.2, 0.25) is 0 Å². The van der Waals surface area contributed by atoms with Gasteiger partial charge < -0.3 is 14.9 Å². The largest absolute Gasteiger partial charge is 0.481 e. The van der Waals surface area contributed by atoms with Crippen molar-refractivity contribution >= 4 is 22.6 Å². The molecule has 2 aromatic rings. The Bertz CT molecular complexity index is 538. The second-order valence-electron chi connectivity index (χ2n) is 4.52. The van der Waals surface area contributed by atoms with Crippen molar-refractivity contribution in [2.75, 3.05) is 0 Å². The molecule has 0 radical (unpaired) electrons. The molecule has 2 unspecified atom stereocenters. The van der Waals surface area contributed by atoms with Gasteiger partial charge in [-0.3, -0.25) is 0 Å². The Balaban J connectivity index is 2.24. The first-order valence-electron chi connectivity index (χ1n) is 6.34. The average Bonchev–Trinajstić information content (AvgIpc) is 2.81. The fraction of sp³-hybridized carbons (Fsp3) is 0.333. The van der Waals surface area contributed by atoms with Gasteiger partial charge in [-0.05, 0) is 66.3 Å². The maximum absolute atomic E-state index is 6.16. The Morgan fingerprint density at radius 1 is 1.32 bits per heavy atom. The van der Waals surface area contributed by atoms with E-state index in [1.807, 2.05) is 50.2 Å². The Hall–Kier alpha value is -1.01. The van der Waals surface area contributed by atoms with E-state index < -0.39 is 0 Å². The lowest BCUT2D eigenvalue weighted by atomic mass is 10.1. The number of ether oxygens (including phenoxy) is 1. The molecule has 0 aliphatic heterocycles. The minimum atomic E-state index is -0.253. The zero-order chi connectivity index (χ0) is 13.8. The first-order chi connectivity index (χ1) is 9.10. The molecule has 0 aliphatic carbocycles. The van der Waals surface area contributed by atoms with Gasteiger partial charge in [0, 0.05) is 9.61 Å². The van der Waals surface area contributed by atoms with Crippen LogP contribution in [-0.4, -0.2) is 6.04 Å². The minimum Gasteiger partial charge on any atom is -0.481 e. The molecule has 102 valence electrons. The van der Waals surface area contributed by atoms with Crippen molar-refractivity contribution in [2.24, 2.45) is 5.73 Å². The number of hydrogen-bond acceptors (Lipinski definition) is 3. The molecule has 0 fully saturated rings. The standard InChI is InChI=1S/C15H18INO2/c1-3-13(17)15(14-8-7-10(2)18-14)19-12-6-4-5-11(16)9-12/h4-9,13,15H,3,17H2,1-2H3. The zero-order valence-corrected chi connectivity index (χ0v) is 13.3. The van der Waals surface area contributed by atoms with Gasteiger partial charge in [0.15, 0.2) is 6.10 Å². The van der Waals surface area contributed by atoms with E-state index in [0.29, 0.717) is 0 Å². The maximum Gasteiger partial charge on any atom is 0.171 e. The van der Waals surface area contributed by atoms with Crippen LogP contribution < -0.4 is 10.5 Å². The summed E-state index contributed by atoms with van der Waals surface area (Å²) >= 11 is 2.26. The van der Waals surface area contributed by atoms with Crippen molar-refractivity contribution in [3.8, 4) is 5.75 Å². The van der Waals surface area contributed by atoms with Gasteiger partial charge in [-0.1, -0.05) is 13.0 Å². The van der Waals surface area contributed by atoms with Crippen LogP contribution in [0.5, 0.6) is 5.75 Å². The number of aryl methyl sites for hydroxylation is 1. The zero-order valence-electron chi connectivity index (χ0n) is 11.1. The number of halogens is 1. The van der Waals surface area contributed by atoms with Gasteiger partial charge in [0.05, 0.1) is 0 Å². The highest BCUT2D eigenvalue weighted by atomic mass is 127. The highest BCUT2D eigenvalue weighted by Crippen LogP contribution is 2.27. The second kappa shape index (κ2) is 6.43. The predicted molar refractivity (Wildman–Crippen MR) is 84.2 cm³/mol. The van der Waals surface area contributed by atoms with E-state index >= 15 is 0 Å². The van der Waals surface area contributed by atoms with Crippen molar-refractivity contribution < 1.29 is 9.15 Å². The molecule has 19 heavy (non-hydrogen) atoms. The highest BCUT2D eigenvalue weighted by Gasteiger charge is 2.23. The van der Waals surface area contributed by atoms with Crippen molar-refractivity contribution in [3.05, 3.63) is 51.5 Å². The van der Waals surface area contributed by atoms with Gasteiger partial charge in [-0.25, -0.2) is 0 Å². The molecule has 1 aromatic heterocycles. The molecular formula is C15H18INO2. The topological polar surface area (TPSA) is 48.4 Å². The molecule has 0 spiro atoms. The van der Waals surface area contributed by atoms with Gasteiger partial charge in [0.25, 0.3) is 0 Å². The SMILES string of the molecule is CCC(N)C(Oc1cccc(I)c1)c1ccc(C)o1. The number of nitrogens with two attached hydrogens (primary N) is 1. The van der Waals surface area contributed by atoms with Gasteiger partial charge in [-0.2, -0.15) is 0 Å². The third-order valence-electron chi connectivity index (χ3n) is 2.96. The fourth-order valence-electron chi connectivity index (χ4n) is 1.86. The normalized spacial score (nSPS) is 14.1. The minimum absolute atomic E-state index is 0.0941. The van der Waals surface area contributed by atoms with E-state index in [4.69, 9.17) is 14.9 Å². The third-order valence-corrected chi connectivity index (χ3v) is 3.63. The molecule has 0 saturated heterocycles. The lowest BCUT2D eigenvalue weighted by Crippen LogP contribution is -2.31. The molecule has 0 aliphatic rings. The quantitative estimate of drug-likeness (QED) is 0.807. The van der Waals surface area contributed by atoms with Crippen LogP contribution >= 0.6 is 22.6 Å². The van der Waals surface area contributed by atoms with E-state index in [-0.39, 0.29) is 12.1 Å². The van der Waals surface area contributed by atoms with E-state index in [9.17, 15) is 0 Å². The summed E-state index contributed by atoms with van der Waals surface area (Å²) < 4.78 is 12.8. The summed E-state index contributed by atoms with van der Waals surface area (Å²) in [4.78, 5) is 0. The predicted octanol–water partition coefficient (Wildman–Crippen LogP) is 4.05. The molecule has 1 aromatic carbocycles. The summed E-state index contributed by atoms with van der Waals surface area (Å²) in [5.41, 5.74) is 6.16. The van der Waals surface area contributed by atoms with Gasteiger partial charge in [0.1, 0.15) is 17.3 Å². The molecule has 0 amide bonds. The first kappa shape index (κ1) is 14.4. The lowest BCUT2D eigenvalue weighted by Gasteiger charge is -2.22. The maximum atomic E-state index is 6.16. The highest BCUT2D eigenvalue weighted by molar-refractivity contribution is 14.1. The van der Waals surface area contributed by atoms with Crippen molar-refractivity contribution in [3.63, 3.8) is 0 Å². The van der Waals surface area contributed by atoms with E-state index in [1.54, 1.807) is 0 Å². The van der Waals surface area contributed by atoms with Crippen LogP contribution in [0.3, 0.4) is 0 Å². The molecule has 2 rings (SSSR count). The van der Waals surface area contributed by atoms with Crippen LogP contribution in [0.15, 0.2) is 40.8 Å². The molecule has 0 saturated carbocycles.